The molecule has 1 rings (SSSR count). The lowest BCUT2D eigenvalue weighted by molar-refractivity contribution is -0.124. The van der Waals surface area contributed by atoms with Crippen molar-refractivity contribution in [2.24, 2.45) is 0 Å². The number of anilines is 1. The lowest BCUT2D eigenvalue weighted by Gasteiger charge is -2.05. The number of hydrogen-bond donors (Lipinski definition) is 2. The summed E-state index contributed by atoms with van der Waals surface area (Å²) in [5.41, 5.74) is 0.722. The smallest absolute Gasteiger partial charge is 0.224 e. The van der Waals surface area contributed by atoms with Crippen molar-refractivity contribution in [3.05, 3.63) is 28.7 Å². The third kappa shape index (κ3) is 5.49. The van der Waals surface area contributed by atoms with Crippen LogP contribution in [0.2, 0.25) is 0 Å². The summed E-state index contributed by atoms with van der Waals surface area (Å²) in [6, 6.07) is 7.33. The van der Waals surface area contributed by atoms with Gasteiger partial charge in [0.25, 0.3) is 0 Å². The van der Waals surface area contributed by atoms with Crippen LogP contribution in [-0.2, 0) is 9.59 Å². The Bertz CT molecular complexity index is 407. The molecular formula is C12H15BrN2O2. The quantitative estimate of drug-likeness (QED) is 0.876. The molecule has 4 nitrogen and oxygen atoms in total. The molecule has 1 aromatic rings. The first-order valence-electron chi connectivity index (χ1n) is 5.44. The van der Waals surface area contributed by atoms with Crippen molar-refractivity contribution >= 4 is 33.4 Å². The van der Waals surface area contributed by atoms with Crippen molar-refractivity contribution in [2.75, 3.05) is 11.9 Å². The molecule has 2 N–H and O–H groups in total. The second kappa shape index (κ2) is 7.06. The van der Waals surface area contributed by atoms with E-state index in [2.05, 4.69) is 26.6 Å². The maximum Gasteiger partial charge on any atom is 0.224 e. The maximum atomic E-state index is 11.5. The molecule has 0 radical (unpaired) electrons. The zero-order valence-electron chi connectivity index (χ0n) is 9.63. The molecule has 17 heavy (non-hydrogen) atoms. The average molecular weight is 299 g/mol. The van der Waals surface area contributed by atoms with E-state index in [4.69, 9.17) is 0 Å². The van der Waals surface area contributed by atoms with Crippen LogP contribution in [0.5, 0.6) is 0 Å². The lowest BCUT2D eigenvalue weighted by atomic mass is 10.2. The highest BCUT2D eigenvalue weighted by atomic mass is 79.9. The van der Waals surface area contributed by atoms with Crippen LogP contribution in [0.15, 0.2) is 28.7 Å². The largest absolute Gasteiger partial charge is 0.356 e. The van der Waals surface area contributed by atoms with Crippen LogP contribution in [0.3, 0.4) is 0 Å². The normalized spacial score (nSPS) is 9.76. The molecule has 0 spiro atoms. The van der Waals surface area contributed by atoms with Crippen LogP contribution in [0.25, 0.3) is 0 Å². The zero-order chi connectivity index (χ0) is 12.7. The van der Waals surface area contributed by atoms with Gasteiger partial charge in [0, 0.05) is 29.5 Å². The van der Waals surface area contributed by atoms with Crippen LogP contribution < -0.4 is 10.6 Å². The van der Waals surface area contributed by atoms with Crippen LogP contribution in [-0.4, -0.2) is 18.4 Å². The Labute approximate surface area is 109 Å². The summed E-state index contributed by atoms with van der Waals surface area (Å²) < 4.78 is 0.902. The zero-order valence-corrected chi connectivity index (χ0v) is 11.2. The maximum absolute atomic E-state index is 11.5. The highest BCUT2D eigenvalue weighted by Gasteiger charge is 2.06. The van der Waals surface area contributed by atoms with Crippen molar-refractivity contribution in [1.29, 1.82) is 0 Å². The van der Waals surface area contributed by atoms with E-state index in [-0.39, 0.29) is 24.7 Å². The Morgan fingerprint density at radius 2 is 1.94 bits per heavy atom. The van der Waals surface area contributed by atoms with Crippen LogP contribution in [0, 0.1) is 0 Å². The molecule has 0 aromatic heterocycles. The van der Waals surface area contributed by atoms with E-state index in [9.17, 15) is 9.59 Å². The lowest BCUT2D eigenvalue weighted by Crippen LogP contribution is -2.24. The van der Waals surface area contributed by atoms with Gasteiger partial charge in [-0.1, -0.05) is 22.0 Å². The fraction of sp³-hybridized carbons (Fsp3) is 0.333. The number of rotatable bonds is 5. The summed E-state index contributed by atoms with van der Waals surface area (Å²) in [7, 11) is 0. The predicted octanol–water partition coefficient (Wildman–Crippen LogP) is 2.30. The van der Waals surface area contributed by atoms with Crippen molar-refractivity contribution in [3.8, 4) is 0 Å². The molecule has 5 heteroatoms. The van der Waals surface area contributed by atoms with Gasteiger partial charge in [0.2, 0.25) is 11.8 Å². The van der Waals surface area contributed by atoms with Gasteiger partial charge < -0.3 is 10.6 Å². The Balaban J connectivity index is 2.37. The molecule has 0 atom stereocenters. The minimum atomic E-state index is -0.158. The molecule has 0 aliphatic carbocycles. The minimum absolute atomic E-state index is 0.100. The molecule has 92 valence electrons. The number of carbonyl (C=O) groups is 2. The predicted molar refractivity (Wildman–Crippen MR) is 70.7 cm³/mol. The summed E-state index contributed by atoms with van der Waals surface area (Å²) in [5.74, 6) is -0.258. The second-order valence-corrected chi connectivity index (χ2v) is 4.43. The van der Waals surface area contributed by atoms with Gasteiger partial charge in [0.05, 0.1) is 0 Å². The van der Waals surface area contributed by atoms with E-state index in [0.29, 0.717) is 6.54 Å². The molecule has 0 aliphatic rings. The monoisotopic (exact) mass is 298 g/mol. The summed E-state index contributed by atoms with van der Waals surface area (Å²) in [6.07, 6.45) is 0.409. The molecule has 0 fully saturated rings. The fourth-order valence-electron chi connectivity index (χ4n) is 1.30. The topological polar surface area (TPSA) is 58.2 Å². The number of amides is 2. The van der Waals surface area contributed by atoms with Gasteiger partial charge in [0.15, 0.2) is 0 Å². The Hall–Kier alpha value is -1.36. The van der Waals surface area contributed by atoms with E-state index < -0.39 is 0 Å². The molecule has 2 amide bonds. The van der Waals surface area contributed by atoms with Crippen molar-refractivity contribution in [3.63, 3.8) is 0 Å². The molecular weight excluding hydrogens is 284 g/mol. The molecule has 0 unspecified atom stereocenters. The summed E-state index contributed by atoms with van der Waals surface area (Å²) >= 11 is 3.32. The highest BCUT2D eigenvalue weighted by Crippen LogP contribution is 2.15. The van der Waals surface area contributed by atoms with Gasteiger partial charge in [-0.05, 0) is 25.1 Å². The highest BCUT2D eigenvalue weighted by molar-refractivity contribution is 9.10. The van der Waals surface area contributed by atoms with E-state index in [1.165, 1.54) is 0 Å². The Morgan fingerprint density at radius 1 is 1.24 bits per heavy atom. The minimum Gasteiger partial charge on any atom is -0.356 e. The molecule has 0 heterocycles. The number of carbonyl (C=O) groups excluding carboxylic acids is 2. The Kier molecular flexibility index (Phi) is 5.69. The number of hydrogen-bond acceptors (Lipinski definition) is 2. The number of benzene rings is 1. The van der Waals surface area contributed by atoms with Crippen molar-refractivity contribution in [1.82, 2.24) is 5.32 Å². The third-order valence-corrected chi connectivity index (χ3v) is 2.55. The van der Waals surface area contributed by atoms with E-state index >= 15 is 0 Å². The van der Waals surface area contributed by atoms with Crippen molar-refractivity contribution < 1.29 is 9.59 Å². The van der Waals surface area contributed by atoms with E-state index in [1.807, 2.05) is 25.1 Å². The van der Waals surface area contributed by atoms with Gasteiger partial charge in [-0.2, -0.15) is 0 Å². The van der Waals surface area contributed by atoms with Crippen molar-refractivity contribution in [2.45, 2.75) is 19.8 Å². The number of nitrogens with one attached hydrogen (secondary N) is 2. The van der Waals surface area contributed by atoms with Gasteiger partial charge in [-0.25, -0.2) is 0 Å². The fourth-order valence-corrected chi connectivity index (χ4v) is 1.70. The van der Waals surface area contributed by atoms with E-state index in [1.54, 1.807) is 6.07 Å². The molecule has 0 saturated carbocycles. The van der Waals surface area contributed by atoms with Gasteiger partial charge >= 0.3 is 0 Å². The SMILES string of the molecule is CCNC(=O)CCC(=O)Nc1cccc(Br)c1. The van der Waals surface area contributed by atoms with E-state index in [0.717, 1.165) is 10.2 Å². The first-order chi connectivity index (χ1) is 8.11. The third-order valence-electron chi connectivity index (χ3n) is 2.06. The summed E-state index contributed by atoms with van der Waals surface area (Å²) in [6.45, 7) is 2.44. The number of halogens is 1. The average Bonchev–Trinajstić information content (AvgIpc) is 2.27. The van der Waals surface area contributed by atoms with Gasteiger partial charge in [0.1, 0.15) is 0 Å². The van der Waals surface area contributed by atoms with Crippen LogP contribution in [0.4, 0.5) is 5.69 Å². The first-order valence-corrected chi connectivity index (χ1v) is 6.23. The van der Waals surface area contributed by atoms with Gasteiger partial charge in [-0.15, -0.1) is 0 Å². The first kappa shape index (κ1) is 13.7. The Morgan fingerprint density at radius 3 is 2.59 bits per heavy atom. The van der Waals surface area contributed by atoms with Crippen LogP contribution >= 0.6 is 15.9 Å². The second-order valence-electron chi connectivity index (χ2n) is 3.51. The molecule has 0 aliphatic heterocycles. The summed E-state index contributed by atoms with van der Waals surface area (Å²) in [4.78, 5) is 22.7. The molecule has 0 bridgehead atoms. The molecule has 1 aromatic carbocycles. The van der Waals surface area contributed by atoms with Gasteiger partial charge in [-0.3, -0.25) is 9.59 Å². The standard InChI is InChI=1S/C12H15BrN2O2/c1-2-14-11(16)6-7-12(17)15-10-5-3-4-9(13)8-10/h3-5,8H,2,6-7H2,1H3,(H,14,16)(H,15,17). The summed E-state index contributed by atoms with van der Waals surface area (Å²) in [5, 5.41) is 5.38. The van der Waals surface area contributed by atoms with Crippen LogP contribution in [0.1, 0.15) is 19.8 Å². The molecule has 0 saturated heterocycles.